The van der Waals surface area contributed by atoms with Gasteiger partial charge in [0.1, 0.15) is 10.8 Å². The summed E-state index contributed by atoms with van der Waals surface area (Å²) in [5, 5.41) is 7.68. The zero-order valence-electron chi connectivity index (χ0n) is 7.37. The van der Waals surface area contributed by atoms with E-state index in [4.69, 9.17) is 5.73 Å². The molecule has 11 heavy (non-hydrogen) atoms. The van der Waals surface area contributed by atoms with Crippen LogP contribution in [0.15, 0.2) is 0 Å². The van der Waals surface area contributed by atoms with Crippen LogP contribution in [0.25, 0.3) is 0 Å². The molecule has 2 N–H and O–H groups in total. The summed E-state index contributed by atoms with van der Waals surface area (Å²) in [5.74, 6) is 0.567. The smallest absolute Gasteiger partial charge is 0.306 e. The summed E-state index contributed by atoms with van der Waals surface area (Å²) in [7, 11) is 1.77. The van der Waals surface area contributed by atoms with Gasteiger partial charge in [-0.25, -0.2) is 0 Å². The van der Waals surface area contributed by atoms with Gasteiger partial charge in [-0.15, -0.1) is 4.68 Å². The third kappa shape index (κ3) is 1.31. The first kappa shape index (κ1) is 7.97. The molecule has 0 radical (unpaired) electrons. The van der Waals surface area contributed by atoms with Gasteiger partial charge in [-0.2, -0.15) is 0 Å². The number of anilines is 1. The monoisotopic (exact) mass is 156 g/mol. The molecule has 1 aromatic rings. The number of nitrogens with two attached hydrogens (primary N) is 1. The largest absolute Gasteiger partial charge is 0.362 e. The summed E-state index contributed by atoms with van der Waals surface area (Å²) in [4.78, 5) is 0. The van der Waals surface area contributed by atoms with Gasteiger partial charge in [-0.3, -0.25) is 0 Å². The fourth-order valence-corrected chi connectivity index (χ4v) is 0.807. The molecule has 0 fully saturated rings. The first-order chi connectivity index (χ1) is 4.93. The van der Waals surface area contributed by atoms with Crippen LogP contribution >= 0.6 is 0 Å². The molecule has 5 nitrogen and oxygen atoms in total. The van der Waals surface area contributed by atoms with Crippen LogP contribution in [0.5, 0.6) is 0 Å². The van der Waals surface area contributed by atoms with Gasteiger partial charge in [0.15, 0.2) is 0 Å². The lowest BCUT2D eigenvalue weighted by molar-refractivity contribution is -0.718. The first-order valence-electron chi connectivity index (χ1n) is 3.51. The Bertz CT molecular complexity index is 256. The summed E-state index contributed by atoms with van der Waals surface area (Å²) in [6.07, 6.45) is 0. The van der Waals surface area contributed by atoms with Gasteiger partial charge >= 0.3 is 5.95 Å². The second kappa shape index (κ2) is 2.18. The molecule has 62 valence electrons. The van der Waals surface area contributed by atoms with Crippen LogP contribution in [0.2, 0.25) is 0 Å². The lowest BCUT2D eigenvalue weighted by Gasteiger charge is -2.11. The molecule has 0 aliphatic carbocycles. The highest BCUT2D eigenvalue weighted by molar-refractivity contribution is 5.05. The maximum absolute atomic E-state index is 5.69. The Labute approximate surface area is 65.8 Å². The van der Waals surface area contributed by atoms with Crippen LogP contribution in [0.3, 0.4) is 0 Å². The third-order valence-electron chi connectivity index (χ3n) is 1.45. The van der Waals surface area contributed by atoms with Gasteiger partial charge in [0.2, 0.25) is 0 Å². The zero-order valence-corrected chi connectivity index (χ0v) is 7.37. The average molecular weight is 156 g/mol. The summed E-state index contributed by atoms with van der Waals surface area (Å²) in [5.41, 5.74) is 5.59. The van der Waals surface area contributed by atoms with Crippen molar-refractivity contribution in [3.05, 3.63) is 0 Å². The van der Waals surface area contributed by atoms with Crippen molar-refractivity contribution in [3.8, 4) is 0 Å². The Morgan fingerprint density at radius 2 is 2.00 bits per heavy atom. The van der Waals surface area contributed by atoms with Gasteiger partial charge in [0.25, 0.3) is 0 Å². The van der Waals surface area contributed by atoms with Crippen molar-refractivity contribution >= 4 is 5.95 Å². The normalized spacial score (nSPS) is 12.0. The molecular formula is C6H14N5+. The number of aromatic nitrogens is 4. The lowest BCUT2D eigenvalue weighted by Crippen LogP contribution is -2.36. The van der Waals surface area contributed by atoms with Crippen LogP contribution in [-0.4, -0.2) is 15.1 Å². The highest BCUT2D eigenvalue weighted by Gasteiger charge is 2.25. The fourth-order valence-electron chi connectivity index (χ4n) is 0.807. The zero-order chi connectivity index (χ0) is 8.65. The molecular weight excluding hydrogens is 142 g/mol. The number of rotatable bonds is 0. The van der Waals surface area contributed by atoms with Crippen molar-refractivity contribution < 1.29 is 4.68 Å². The van der Waals surface area contributed by atoms with Crippen molar-refractivity contribution in [1.29, 1.82) is 0 Å². The molecule has 0 saturated carbocycles. The molecule has 0 unspecified atom stereocenters. The van der Waals surface area contributed by atoms with E-state index < -0.39 is 0 Å². The molecule has 0 amide bonds. The standard InChI is InChI=1S/C6H13N5/c1-6(2,3)11-5(7)10(4)8-9-11/h7H,1-4H3/p+1. The van der Waals surface area contributed by atoms with E-state index in [1.165, 1.54) is 0 Å². The van der Waals surface area contributed by atoms with Gasteiger partial charge in [0, 0.05) is 0 Å². The summed E-state index contributed by atoms with van der Waals surface area (Å²) in [6, 6.07) is 0. The Hall–Kier alpha value is -1.13. The summed E-state index contributed by atoms with van der Waals surface area (Å²) < 4.78 is 3.23. The number of nitrogens with zero attached hydrogens (tertiary/aromatic N) is 4. The second-order valence-corrected chi connectivity index (χ2v) is 3.54. The predicted molar refractivity (Wildman–Crippen MR) is 40.6 cm³/mol. The topological polar surface area (TPSA) is 60.6 Å². The highest BCUT2D eigenvalue weighted by atomic mass is 15.6. The molecule has 1 rings (SSSR count). The van der Waals surface area contributed by atoms with E-state index in [2.05, 4.69) is 10.4 Å². The Morgan fingerprint density at radius 3 is 2.18 bits per heavy atom. The first-order valence-corrected chi connectivity index (χ1v) is 3.51. The van der Waals surface area contributed by atoms with Crippen molar-refractivity contribution in [2.24, 2.45) is 7.05 Å². The number of hydrogen-bond donors (Lipinski definition) is 1. The molecule has 0 saturated heterocycles. The number of hydrogen-bond acceptors (Lipinski definition) is 3. The maximum atomic E-state index is 5.69. The highest BCUT2D eigenvalue weighted by Crippen LogP contribution is 2.12. The van der Waals surface area contributed by atoms with E-state index >= 15 is 0 Å². The molecule has 0 bridgehead atoms. The van der Waals surface area contributed by atoms with Crippen LogP contribution in [0.1, 0.15) is 20.8 Å². The molecule has 0 atom stereocenters. The minimum Gasteiger partial charge on any atom is -0.306 e. The fraction of sp³-hybridized carbons (Fsp3) is 0.833. The van der Waals surface area contributed by atoms with Crippen molar-refractivity contribution in [1.82, 2.24) is 15.1 Å². The maximum Gasteiger partial charge on any atom is 0.362 e. The van der Waals surface area contributed by atoms with Gasteiger partial charge in [-0.05, 0) is 20.8 Å². The third-order valence-corrected chi connectivity index (χ3v) is 1.45. The number of aryl methyl sites for hydroxylation is 1. The van der Waals surface area contributed by atoms with Crippen molar-refractivity contribution in [2.45, 2.75) is 26.3 Å². The molecule has 1 aromatic heterocycles. The summed E-state index contributed by atoms with van der Waals surface area (Å²) >= 11 is 0. The second-order valence-electron chi connectivity index (χ2n) is 3.54. The Morgan fingerprint density at radius 1 is 1.45 bits per heavy atom. The average Bonchev–Trinajstić information content (AvgIpc) is 2.11. The Balaban J connectivity index is 3.15. The Kier molecular flexibility index (Phi) is 1.58. The molecule has 0 aliphatic rings. The summed E-state index contributed by atoms with van der Waals surface area (Å²) in [6.45, 7) is 6.08. The minimum absolute atomic E-state index is 0.0989. The minimum atomic E-state index is -0.0989. The number of nitrogen functional groups attached to an aromatic ring is 1. The van der Waals surface area contributed by atoms with E-state index in [0.29, 0.717) is 5.95 Å². The lowest BCUT2D eigenvalue weighted by atomic mass is 10.1. The molecule has 0 spiro atoms. The molecule has 0 aromatic carbocycles. The van der Waals surface area contributed by atoms with Crippen molar-refractivity contribution in [2.75, 3.05) is 5.73 Å². The van der Waals surface area contributed by atoms with Gasteiger partial charge in [0.05, 0.1) is 12.3 Å². The molecule has 5 heteroatoms. The van der Waals surface area contributed by atoms with E-state index in [-0.39, 0.29) is 5.54 Å². The SMILES string of the molecule is C[n+]1nnn(C(C)(C)C)c1N. The van der Waals surface area contributed by atoms with Crippen LogP contribution in [0, 0.1) is 0 Å². The van der Waals surface area contributed by atoms with Crippen LogP contribution < -0.4 is 10.4 Å². The van der Waals surface area contributed by atoms with Gasteiger partial charge in [-0.1, -0.05) is 4.68 Å². The molecule has 1 heterocycles. The quantitative estimate of drug-likeness (QED) is 0.512. The number of tetrazole rings is 1. The van der Waals surface area contributed by atoms with Crippen LogP contribution in [-0.2, 0) is 12.6 Å². The van der Waals surface area contributed by atoms with Crippen molar-refractivity contribution in [3.63, 3.8) is 0 Å². The van der Waals surface area contributed by atoms with E-state index in [0.717, 1.165) is 0 Å². The predicted octanol–water partition coefficient (Wildman–Crippen LogP) is -0.560. The van der Waals surface area contributed by atoms with Crippen LogP contribution in [0.4, 0.5) is 5.95 Å². The van der Waals surface area contributed by atoms with Gasteiger partial charge < -0.3 is 5.73 Å². The molecule has 0 aliphatic heterocycles. The van der Waals surface area contributed by atoms with E-state index in [1.807, 2.05) is 20.8 Å². The van der Waals surface area contributed by atoms with E-state index in [9.17, 15) is 0 Å². The van der Waals surface area contributed by atoms with E-state index in [1.54, 1.807) is 16.4 Å².